The van der Waals surface area contributed by atoms with Crippen LogP contribution in [0.4, 0.5) is 5.69 Å². The van der Waals surface area contributed by atoms with Crippen molar-refractivity contribution in [2.75, 3.05) is 11.8 Å². The zero-order chi connectivity index (χ0) is 20.5. The van der Waals surface area contributed by atoms with Crippen LogP contribution in [-0.4, -0.2) is 20.5 Å². The lowest BCUT2D eigenvalue weighted by Gasteiger charge is -2.17. The summed E-state index contributed by atoms with van der Waals surface area (Å²) in [6.45, 7) is 5.84. The van der Waals surface area contributed by atoms with Gasteiger partial charge < -0.3 is 4.74 Å². The fourth-order valence-corrected chi connectivity index (χ4v) is 5.11. The van der Waals surface area contributed by atoms with E-state index in [0.717, 1.165) is 21.8 Å². The number of aromatic nitrogens is 1. The first-order valence-corrected chi connectivity index (χ1v) is 11.4. The van der Waals surface area contributed by atoms with Gasteiger partial charge in [0.15, 0.2) is 0 Å². The Bertz CT molecular complexity index is 1110. The number of rotatable bonds is 6. The standard InChI is InChI=1S/C20H21ClN2O3S2/c1-12(2)16-7-5-14(18-11-27-13(3)22-18)9-20(16)28(24,25)23-17-10-15(21)6-8-19(17)26-4/h5-12,23H,1-4H3. The molecule has 0 spiro atoms. The molecule has 0 radical (unpaired) electrons. The number of halogens is 1. The fourth-order valence-electron chi connectivity index (χ4n) is 2.86. The Morgan fingerprint density at radius 3 is 2.54 bits per heavy atom. The van der Waals surface area contributed by atoms with Crippen LogP contribution in [-0.2, 0) is 10.0 Å². The van der Waals surface area contributed by atoms with E-state index in [0.29, 0.717) is 16.5 Å². The second-order valence-corrected chi connectivity index (χ2v) is 9.76. The molecule has 28 heavy (non-hydrogen) atoms. The molecule has 0 aliphatic heterocycles. The first-order chi connectivity index (χ1) is 13.2. The van der Waals surface area contributed by atoms with Crippen LogP contribution in [0.2, 0.25) is 5.02 Å². The topological polar surface area (TPSA) is 68.3 Å². The molecule has 0 bridgehead atoms. The minimum Gasteiger partial charge on any atom is -0.495 e. The number of sulfonamides is 1. The summed E-state index contributed by atoms with van der Waals surface area (Å²) in [5.41, 5.74) is 2.53. The van der Waals surface area contributed by atoms with Crippen molar-refractivity contribution in [2.24, 2.45) is 0 Å². The van der Waals surface area contributed by atoms with E-state index in [1.807, 2.05) is 38.3 Å². The van der Waals surface area contributed by atoms with Crippen molar-refractivity contribution in [3.05, 3.63) is 57.4 Å². The molecule has 0 fully saturated rings. The quantitative estimate of drug-likeness (QED) is 0.537. The van der Waals surface area contributed by atoms with Gasteiger partial charge in [0, 0.05) is 16.0 Å². The average Bonchev–Trinajstić information content (AvgIpc) is 3.07. The summed E-state index contributed by atoms with van der Waals surface area (Å²) in [7, 11) is -2.40. The minimum absolute atomic E-state index is 0.0269. The molecule has 1 N–H and O–H groups in total. The number of nitrogens with zero attached hydrogens (tertiary/aromatic N) is 1. The first kappa shape index (κ1) is 20.6. The molecule has 0 aliphatic rings. The zero-order valence-corrected chi connectivity index (χ0v) is 18.4. The number of nitrogens with one attached hydrogen (secondary N) is 1. The van der Waals surface area contributed by atoms with Crippen molar-refractivity contribution in [1.82, 2.24) is 4.98 Å². The summed E-state index contributed by atoms with van der Waals surface area (Å²) in [6, 6.07) is 10.2. The molecule has 0 atom stereocenters. The predicted octanol–water partition coefficient (Wildman–Crippen LogP) is 5.70. The van der Waals surface area contributed by atoms with E-state index >= 15 is 0 Å². The molecule has 0 aliphatic carbocycles. The molecule has 5 nitrogen and oxygen atoms in total. The van der Waals surface area contributed by atoms with Gasteiger partial charge in [-0.25, -0.2) is 13.4 Å². The molecule has 0 amide bonds. The van der Waals surface area contributed by atoms with Crippen molar-refractivity contribution in [2.45, 2.75) is 31.6 Å². The summed E-state index contributed by atoms with van der Waals surface area (Å²) in [6.07, 6.45) is 0. The van der Waals surface area contributed by atoms with Gasteiger partial charge in [-0.05, 0) is 42.7 Å². The zero-order valence-electron chi connectivity index (χ0n) is 16.0. The van der Waals surface area contributed by atoms with Crippen molar-refractivity contribution in [3.63, 3.8) is 0 Å². The fraction of sp³-hybridized carbons (Fsp3) is 0.250. The summed E-state index contributed by atoms with van der Waals surface area (Å²) < 4.78 is 34.4. The lowest BCUT2D eigenvalue weighted by Crippen LogP contribution is -2.16. The number of benzene rings is 2. The van der Waals surface area contributed by atoms with E-state index in [1.165, 1.54) is 24.5 Å². The Morgan fingerprint density at radius 1 is 1.18 bits per heavy atom. The first-order valence-electron chi connectivity index (χ1n) is 8.64. The second kappa shape index (κ2) is 8.11. The molecule has 3 aromatic rings. The maximum atomic E-state index is 13.3. The molecule has 8 heteroatoms. The van der Waals surface area contributed by atoms with Gasteiger partial charge in [-0.2, -0.15) is 0 Å². The highest BCUT2D eigenvalue weighted by Crippen LogP contribution is 2.34. The molecule has 0 unspecified atom stereocenters. The van der Waals surface area contributed by atoms with Gasteiger partial charge in [0.1, 0.15) is 5.75 Å². The van der Waals surface area contributed by atoms with E-state index in [-0.39, 0.29) is 10.8 Å². The molecule has 0 saturated carbocycles. The van der Waals surface area contributed by atoms with Gasteiger partial charge >= 0.3 is 0 Å². The van der Waals surface area contributed by atoms with Crippen molar-refractivity contribution in [3.8, 4) is 17.0 Å². The molecule has 1 aromatic heterocycles. The van der Waals surface area contributed by atoms with E-state index in [4.69, 9.17) is 16.3 Å². The highest BCUT2D eigenvalue weighted by molar-refractivity contribution is 7.92. The number of methoxy groups -OCH3 is 1. The Morgan fingerprint density at radius 2 is 1.93 bits per heavy atom. The Labute approximate surface area is 174 Å². The van der Waals surface area contributed by atoms with Gasteiger partial charge in [0.25, 0.3) is 10.0 Å². The third-order valence-electron chi connectivity index (χ3n) is 4.25. The van der Waals surface area contributed by atoms with E-state index < -0.39 is 10.0 Å². The van der Waals surface area contributed by atoms with Gasteiger partial charge in [-0.15, -0.1) is 11.3 Å². The predicted molar refractivity (Wildman–Crippen MR) is 115 cm³/mol. The largest absolute Gasteiger partial charge is 0.495 e. The summed E-state index contributed by atoms with van der Waals surface area (Å²) in [5, 5.41) is 3.26. The molecule has 0 saturated heterocycles. The maximum Gasteiger partial charge on any atom is 0.262 e. The lowest BCUT2D eigenvalue weighted by molar-refractivity contribution is 0.417. The number of thiazole rings is 1. The molecular formula is C20H21ClN2O3S2. The molecule has 148 valence electrons. The summed E-state index contributed by atoms with van der Waals surface area (Å²) in [5.74, 6) is 0.421. The third-order valence-corrected chi connectivity index (χ3v) is 6.68. The smallest absolute Gasteiger partial charge is 0.262 e. The van der Waals surface area contributed by atoms with E-state index in [9.17, 15) is 8.42 Å². The molecular weight excluding hydrogens is 416 g/mol. The van der Waals surface area contributed by atoms with Crippen LogP contribution in [0.3, 0.4) is 0 Å². The van der Waals surface area contributed by atoms with E-state index in [1.54, 1.807) is 18.2 Å². The SMILES string of the molecule is COc1ccc(Cl)cc1NS(=O)(=O)c1cc(-c2csc(C)n2)ccc1C(C)C. The van der Waals surface area contributed by atoms with Crippen molar-refractivity contribution >= 4 is 38.6 Å². The number of ether oxygens (including phenoxy) is 1. The van der Waals surface area contributed by atoms with Crippen molar-refractivity contribution < 1.29 is 13.2 Å². The average molecular weight is 437 g/mol. The molecule has 3 rings (SSSR count). The van der Waals surface area contributed by atoms with Crippen molar-refractivity contribution in [1.29, 1.82) is 0 Å². The highest BCUT2D eigenvalue weighted by Gasteiger charge is 2.23. The number of hydrogen-bond donors (Lipinski definition) is 1. The van der Waals surface area contributed by atoms with Crippen LogP contribution in [0.1, 0.15) is 30.3 Å². The van der Waals surface area contributed by atoms with Crippen LogP contribution in [0.25, 0.3) is 11.3 Å². The Balaban J connectivity index is 2.10. The lowest BCUT2D eigenvalue weighted by atomic mass is 10.0. The van der Waals surface area contributed by atoms with Gasteiger partial charge in [0.2, 0.25) is 0 Å². The van der Waals surface area contributed by atoms with Crippen LogP contribution >= 0.6 is 22.9 Å². The summed E-state index contributed by atoms with van der Waals surface area (Å²) >= 11 is 7.57. The third kappa shape index (κ3) is 4.32. The Hall–Kier alpha value is -2.09. The minimum atomic E-state index is -3.88. The van der Waals surface area contributed by atoms with Crippen LogP contribution < -0.4 is 9.46 Å². The molecule has 2 aromatic carbocycles. The van der Waals surface area contributed by atoms with Gasteiger partial charge in [-0.3, -0.25) is 4.72 Å². The van der Waals surface area contributed by atoms with Crippen LogP contribution in [0, 0.1) is 6.92 Å². The normalized spacial score (nSPS) is 11.6. The van der Waals surface area contributed by atoms with Gasteiger partial charge in [0.05, 0.1) is 28.4 Å². The van der Waals surface area contributed by atoms with Gasteiger partial charge in [-0.1, -0.05) is 37.6 Å². The summed E-state index contributed by atoms with van der Waals surface area (Å²) in [4.78, 5) is 4.68. The Kier molecular flexibility index (Phi) is 5.98. The monoisotopic (exact) mass is 436 g/mol. The second-order valence-electron chi connectivity index (χ2n) is 6.61. The maximum absolute atomic E-state index is 13.3. The highest BCUT2D eigenvalue weighted by atomic mass is 35.5. The van der Waals surface area contributed by atoms with E-state index in [2.05, 4.69) is 9.71 Å². The molecule has 1 heterocycles. The number of anilines is 1. The van der Waals surface area contributed by atoms with Crippen LogP contribution in [0.5, 0.6) is 5.75 Å². The number of hydrogen-bond acceptors (Lipinski definition) is 5. The van der Waals surface area contributed by atoms with Crippen LogP contribution in [0.15, 0.2) is 46.7 Å². The number of aryl methyl sites for hydroxylation is 1.